The highest BCUT2D eigenvalue weighted by molar-refractivity contribution is 7.47. The normalized spacial score (nSPS) is 19.9. The molecule has 0 aromatic carbocycles. The molecule has 1 unspecified atom stereocenters. The number of aliphatic hydroxyl groups excluding tert-OH is 4. The van der Waals surface area contributed by atoms with Gasteiger partial charge in [0.1, 0.15) is 18.5 Å². The second-order valence-electron chi connectivity index (χ2n) is 15.5. The lowest BCUT2D eigenvalue weighted by molar-refractivity contribution is -0.161. The molecule has 0 bridgehead atoms. The Balaban J connectivity index is 2.46. The Bertz CT molecular complexity index is 1340. The molecule has 0 aliphatic heterocycles. The number of allylic oxidation sites excluding steroid dienone is 8. The fourth-order valence-electron chi connectivity index (χ4n) is 6.58. The number of carbonyl (C=O) groups is 3. The fourth-order valence-corrected chi connectivity index (χ4v) is 7.37. The molecule has 0 aromatic rings. The van der Waals surface area contributed by atoms with Crippen LogP contribution in [0.4, 0.5) is 0 Å². The van der Waals surface area contributed by atoms with E-state index >= 15 is 0 Å². The summed E-state index contributed by atoms with van der Waals surface area (Å²) in [6.45, 7) is 1.85. The van der Waals surface area contributed by atoms with Crippen LogP contribution in [0.3, 0.4) is 0 Å². The Morgan fingerprint density at radius 3 is 2.02 bits per heavy atom. The molecule has 13 nitrogen and oxygen atoms in total. The third-order valence-electron chi connectivity index (χ3n) is 10.1. The van der Waals surface area contributed by atoms with Gasteiger partial charge in [-0.1, -0.05) is 126 Å². The third kappa shape index (κ3) is 29.5. The van der Waals surface area contributed by atoms with Crippen molar-refractivity contribution in [1.82, 2.24) is 0 Å². The van der Waals surface area contributed by atoms with Gasteiger partial charge in [-0.2, -0.15) is 0 Å². The van der Waals surface area contributed by atoms with E-state index < -0.39 is 70.6 Å². The zero-order valence-corrected chi connectivity index (χ0v) is 37.3. The van der Waals surface area contributed by atoms with E-state index in [0.717, 1.165) is 83.5 Å². The smallest absolute Gasteiger partial charge is 0.462 e. The van der Waals surface area contributed by atoms with Crippen LogP contribution < -0.4 is 0 Å². The molecule has 5 N–H and O–H groups in total. The second-order valence-corrected chi connectivity index (χ2v) is 16.9. The van der Waals surface area contributed by atoms with Gasteiger partial charge in [-0.15, -0.1) is 0 Å². The maximum atomic E-state index is 12.7. The molecule has 0 amide bonds. The van der Waals surface area contributed by atoms with Crippen LogP contribution in [0.25, 0.3) is 0 Å². The molecule has 0 spiro atoms. The quantitative estimate of drug-likeness (QED) is 0.0172. The first-order valence-corrected chi connectivity index (χ1v) is 23.8. The molecule has 0 heterocycles. The van der Waals surface area contributed by atoms with E-state index in [1.165, 1.54) is 0 Å². The summed E-state index contributed by atoms with van der Waals surface area (Å²) in [6.07, 6.45) is 32.3. The molecule has 1 aliphatic carbocycles. The largest absolute Gasteiger partial charge is 0.472 e. The zero-order valence-electron chi connectivity index (χ0n) is 36.4. The molecule has 7 atom stereocenters. The number of phosphoric acid groups is 1. The van der Waals surface area contributed by atoms with Crippen LogP contribution in [0.2, 0.25) is 0 Å². The summed E-state index contributed by atoms with van der Waals surface area (Å²) in [4.78, 5) is 47.8. The summed E-state index contributed by atoms with van der Waals surface area (Å²) < 4.78 is 32.7. The summed E-state index contributed by atoms with van der Waals surface area (Å²) >= 11 is 0. The maximum absolute atomic E-state index is 12.7. The molecule has 0 radical (unpaired) electrons. The van der Waals surface area contributed by atoms with E-state index in [9.17, 15) is 39.2 Å². The van der Waals surface area contributed by atoms with E-state index in [2.05, 4.69) is 67.0 Å². The van der Waals surface area contributed by atoms with E-state index in [4.69, 9.17) is 19.1 Å². The van der Waals surface area contributed by atoms with Gasteiger partial charge in [0.25, 0.3) is 0 Å². The molecule has 1 fully saturated rings. The SMILES string of the molecule is CC/C=C\C/C=C\C/C=C\C/C=C\CCCCCCC(=O)OC[C@H](COP(=O)(O)OC[C@@H](O)CO)OC(=O)CCCCCC[C@H]1C(=O)C[C@@H](O)[C@@H]1/C=C/[C@@H](O)CCCCC. The van der Waals surface area contributed by atoms with E-state index in [0.29, 0.717) is 32.1 Å². The summed E-state index contributed by atoms with van der Waals surface area (Å²) in [5.41, 5.74) is 0. The fraction of sp³-hybridized carbons (Fsp3) is 0.717. The minimum atomic E-state index is -4.70. The highest BCUT2D eigenvalue weighted by Crippen LogP contribution is 2.43. The van der Waals surface area contributed by atoms with Gasteiger partial charge in [0, 0.05) is 31.1 Å². The first-order valence-electron chi connectivity index (χ1n) is 22.3. The van der Waals surface area contributed by atoms with Gasteiger partial charge < -0.3 is 34.8 Å². The van der Waals surface area contributed by atoms with Crippen molar-refractivity contribution in [2.24, 2.45) is 11.8 Å². The van der Waals surface area contributed by atoms with Crippen LogP contribution in [0, 0.1) is 11.8 Å². The number of Topliss-reactive ketones (excluding diaryl/α,β-unsaturated/α-hetero) is 1. The number of aliphatic hydroxyl groups is 4. The summed E-state index contributed by atoms with van der Waals surface area (Å²) in [6, 6.07) is 0. The van der Waals surface area contributed by atoms with Gasteiger partial charge in [-0.05, 0) is 64.2 Å². The molecule has 0 saturated heterocycles. The lowest BCUT2D eigenvalue weighted by atomic mass is 9.88. The Morgan fingerprint density at radius 1 is 0.767 bits per heavy atom. The van der Waals surface area contributed by atoms with Crippen LogP contribution in [-0.4, -0.2) is 93.9 Å². The third-order valence-corrected chi connectivity index (χ3v) is 11.0. The predicted octanol–water partition coefficient (Wildman–Crippen LogP) is 8.48. The second kappa shape index (κ2) is 35.8. The lowest BCUT2D eigenvalue weighted by Gasteiger charge is -2.20. The van der Waals surface area contributed by atoms with E-state index in [1.807, 2.05) is 0 Å². The first-order chi connectivity index (χ1) is 28.9. The van der Waals surface area contributed by atoms with Gasteiger partial charge in [0.05, 0.1) is 32.0 Å². The number of hydrogen-bond acceptors (Lipinski definition) is 12. The van der Waals surface area contributed by atoms with Crippen molar-refractivity contribution in [2.45, 2.75) is 173 Å². The van der Waals surface area contributed by atoms with Crippen LogP contribution in [0.1, 0.15) is 149 Å². The van der Waals surface area contributed by atoms with Crippen LogP contribution in [0.5, 0.6) is 0 Å². The number of esters is 2. The minimum absolute atomic E-state index is 0.0195. The molecule has 14 heteroatoms. The van der Waals surface area contributed by atoms with Crippen LogP contribution in [0.15, 0.2) is 60.8 Å². The molecule has 1 aliphatic rings. The van der Waals surface area contributed by atoms with Crippen molar-refractivity contribution in [3.63, 3.8) is 0 Å². The van der Waals surface area contributed by atoms with Crippen molar-refractivity contribution in [2.75, 3.05) is 26.4 Å². The number of rotatable bonds is 37. The molecule has 60 heavy (non-hydrogen) atoms. The molecule has 344 valence electrons. The van der Waals surface area contributed by atoms with Crippen molar-refractivity contribution < 1.29 is 62.8 Å². The van der Waals surface area contributed by atoms with Crippen molar-refractivity contribution in [1.29, 1.82) is 0 Å². The first kappa shape index (κ1) is 55.3. The average molecular weight is 869 g/mol. The Morgan fingerprint density at radius 2 is 1.37 bits per heavy atom. The highest BCUT2D eigenvalue weighted by Gasteiger charge is 2.39. The van der Waals surface area contributed by atoms with Crippen molar-refractivity contribution >= 4 is 25.5 Å². The topological polar surface area (TPSA) is 206 Å². The maximum Gasteiger partial charge on any atom is 0.472 e. The van der Waals surface area contributed by atoms with Crippen molar-refractivity contribution in [3.05, 3.63) is 60.8 Å². The number of ketones is 1. The van der Waals surface area contributed by atoms with E-state index in [1.54, 1.807) is 12.2 Å². The van der Waals surface area contributed by atoms with Gasteiger partial charge in [0.15, 0.2) is 6.10 Å². The predicted molar refractivity (Wildman–Crippen MR) is 234 cm³/mol. The van der Waals surface area contributed by atoms with Crippen LogP contribution >= 0.6 is 7.82 Å². The summed E-state index contributed by atoms with van der Waals surface area (Å²) in [7, 11) is -4.70. The van der Waals surface area contributed by atoms with Gasteiger partial charge in [0.2, 0.25) is 0 Å². The molecular weight excluding hydrogens is 791 g/mol. The summed E-state index contributed by atoms with van der Waals surface area (Å²) in [5, 5.41) is 39.1. The minimum Gasteiger partial charge on any atom is -0.462 e. The number of hydrogen-bond donors (Lipinski definition) is 5. The molecule has 0 aromatic heterocycles. The van der Waals surface area contributed by atoms with Crippen LogP contribution in [-0.2, 0) is 37.5 Å². The average Bonchev–Trinajstić information content (AvgIpc) is 3.49. The lowest BCUT2D eigenvalue weighted by Crippen LogP contribution is -2.29. The Labute approximate surface area is 359 Å². The molecular formula is C46H77O13P. The summed E-state index contributed by atoms with van der Waals surface area (Å²) in [5.74, 6) is -1.74. The standard InChI is InChI=1S/C46H77O13P/c1-3-5-7-8-9-10-11-12-13-14-15-16-17-18-19-20-25-29-45(52)56-36-40(37-58-60(54,55)57-35-39(49)34-47)59-46(53)30-26-22-21-24-28-41-42(44(51)33-43(41)50)32-31-38(48)27-23-6-4-2/h5,7,9-10,12-13,15-16,31-32,38-42,44,47-49,51H,3-4,6,8,11,14,17-30,33-37H2,1-2H3,(H,54,55)/b7-5-,10-9-,13-12-,16-15-,32-31+/t38-,39-,40+,41+,42+,44+/m0/s1. The monoisotopic (exact) mass is 869 g/mol. The molecule has 1 rings (SSSR count). The van der Waals surface area contributed by atoms with Crippen molar-refractivity contribution in [3.8, 4) is 0 Å². The highest BCUT2D eigenvalue weighted by atomic mass is 31.2. The number of carbonyl (C=O) groups excluding carboxylic acids is 3. The van der Waals surface area contributed by atoms with Gasteiger partial charge in [-0.25, -0.2) is 4.57 Å². The van der Waals surface area contributed by atoms with Gasteiger partial charge >= 0.3 is 19.8 Å². The number of ether oxygens (including phenoxy) is 2. The van der Waals surface area contributed by atoms with E-state index in [-0.39, 0.29) is 36.9 Å². The number of unbranched alkanes of at least 4 members (excludes halogenated alkanes) is 9. The Kier molecular flexibility index (Phi) is 33.0. The number of phosphoric ester groups is 1. The van der Waals surface area contributed by atoms with Gasteiger partial charge in [-0.3, -0.25) is 23.4 Å². The zero-order chi connectivity index (χ0) is 44.3. The molecule has 1 saturated carbocycles. The Hall–Kier alpha value is -2.74.